The maximum atomic E-state index is 13.2. The minimum atomic E-state index is -0.725. The van der Waals surface area contributed by atoms with Gasteiger partial charge >= 0.3 is 0 Å². The average Bonchev–Trinajstić information content (AvgIpc) is 2.71. The van der Waals surface area contributed by atoms with E-state index in [1.807, 2.05) is 6.08 Å². The van der Waals surface area contributed by atoms with Gasteiger partial charge in [-0.3, -0.25) is 0 Å². The van der Waals surface area contributed by atoms with Crippen molar-refractivity contribution < 1.29 is 15.3 Å². The predicted molar refractivity (Wildman–Crippen MR) is 131 cm³/mol. The molecule has 5 N–H and O–H groups in total. The highest BCUT2D eigenvalue weighted by atomic mass is 35.5. The molecule has 0 radical (unpaired) electrons. The predicted octanol–water partition coefficient (Wildman–Crippen LogP) is 4.07. The van der Waals surface area contributed by atoms with Crippen molar-refractivity contribution in [1.29, 1.82) is 0 Å². The Morgan fingerprint density at radius 2 is 1.74 bits per heavy atom. The summed E-state index contributed by atoms with van der Waals surface area (Å²) in [5, 5.41) is 3.62. The molecular weight excluding hydrogens is 438 g/mol. The molecule has 1 fully saturated rings. The molecule has 3 rings (SSSR count). The first-order chi connectivity index (χ1) is 13.9. The molecule has 4 unspecified atom stereocenters. The first kappa shape index (κ1) is 28.6. The van der Waals surface area contributed by atoms with Gasteiger partial charge in [0.25, 0.3) is 0 Å². The van der Waals surface area contributed by atoms with Gasteiger partial charge in [-0.15, -0.1) is 23.2 Å². The van der Waals surface area contributed by atoms with Crippen LogP contribution in [0, 0.1) is 17.8 Å². The third kappa shape index (κ3) is 8.79. The second-order valence-electron chi connectivity index (χ2n) is 9.32. The number of piperidine rings is 1. The number of allylic oxidation sites excluding steroid dienone is 6. The van der Waals surface area contributed by atoms with Crippen LogP contribution in [0.3, 0.4) is 0 Å². The van der Waals surface area contributed by atoms with Crippen LogP contribution < -0.4 is 5.32 Å². The van der Waals surface area contributed by atoms with Crippen LogP contribution >= 0.6 is 23.2 Å². The van der Waals surface area contributed by atoms with Crippen molar-refractivity contribution >= 4 is 23.2 Å². The van der Waals surface area contributed by atoms with Crippen LogP contribution in [-0.4, -0.2) is 65.0 Å². The second kappa shape index (κ2) is 14.0. The lowest BCUT2D eigenvalue weighted by atomic mass is 9.86. The van der Waals surface area contributed by atoms with Gasteiger partial charge in [-0.2, -0.15) is 0 Å². The van der Waals surface area contributed by atoms with Gasteiger partial charge in [-0.1, -0.05) is 44.2 Å². The van der Waals surface area contributed by atoms with Crippen LogP contribution in [0.4, 0.5) is 4.39 Å². The van der Waals surface area contributed by atoms with Crippen molar-refractivity contribution in [2.24, 2.45) is 17.8 Å². The second-order valence-corrected chi connectivity index (χ2v) is 10.3. The number of hydrogen-bond donors (Lipinski definition) is 1. The van der Waals surface area contributed by atoms with Gasteiger partial charge in [-0.25, -0.2) is 4.39 Å². The quantitative estimate of drug-likeness (QED) is 0.421. The van der Waals surface area contributed by atoms with Gasteiger partial charge in [0.15, 0.2) is 0 Å². The van der Waals surface area contributed by atoms with E-state index in [2.05, 4.69) is 42.3 Å². The van der Waals surface area contributed by atoms with Crippen LogP contribution in [0.15, 0.2) is 36.0 Å². The van der Waals surface area contributed by atoms with Crippen molar-refractivity contribution in [2.75, 3.05) is 26.2 Å². The summed E-state index contributed by atoms with van der Waals surface area (Å²) in [7, 11) is 0. The molecule has 0 aromatic carbocycles. The zero-order valence-electron chi connectivity index (χ0n) is 18.9. The van der Waals surface area contributed by atoms with Crippen molar-refractivity contribution in [3.05, 3.63) is 36.0 Å². The van der Waals surface area contributed by atoms with Crippen LogP contribution in [0.25, 0.3) is 0 Å². The summed E-state index contributed by atoms with van der Waals surface area (Å²) in [6.07, 6.45) is 14.6. The zero-order chi connectivity index (χ0) is 20.8. The van der Waals surface area contributed by atoms with E-state index in [-0.39, 0.29) is 21.7 Å². The lowest BCUT2D eigenvalue weighted by Crippen LogP contribution is -2.47. The number of nitrogens with one attached hydrogen (secondary N) is 1. The van der Waals surface area contributed by atoms with E-state index in [0.29, 0.717) is 30.2 Å². The molecule has 31 heavy (non-hydrogen) atoms. The van der Waals surface area contributed by atoms with E-state index >= 15 is 0 Å². The van der Waals surface area contributed by atoms with E-state index in [1.165, 1.54) is 18.4 Å². The summed E-state index contributed by atoms with van der Waals surface area (Å²) < 4.78 is 13.2. The molecule has 0 amide bonds. The van der Waals surface area contributed by atoms with Crippen LogP contribution in [0.5, 0.6) is 0 Å². The number of likely N-dealkylation sites (tertiary alicyclic amines) is 1. The Bertz CT molecular complexity index is 606. The fraction of sp³-hybridized carbons (Fsp3) is 0.750. The lowest BCUT2D eigenvalue weighted by molar-refractivity contribution is 0.166. The van der Waals surface area contributed by atoms with Gasteiger partial charge in [0, 0.05) is 12.6 Å². The molecule has 5 atom stereocenters. The molecule has 1 saturated heterocycles. The molecule has 1 heterocycles. The fourth-order valence-corrected chi connectivity index (χ4v) is 5.06. The van der Waals surface area contributed by atoms with Crippen LogP contribution in [0.2, 0.25) is 0 Å². The van der Waals surface area contributed by atoms with Gasteiger partial charge in [0.2, 0.25) is 0 Å². The molecule has 1 aliphatic heterocycles. The fourth-order valence-electron chi connectivity index (χ4n) is 4.69. The monoisotopic (exact) mass is 478 g/mol. The Morgan fingerprint density at radius 3 is 2.32 bits per heavy atom. The number of halogens is 3. The van der Waals surface area contributed by atoms with Gasteiger partial charge in [0.1, 0.15) is 6.17 Å². The highest BCUT2D eigenvalue weighted by Crippen LogP contribution is 2.31. The third-order valence-corrected chi connectivity index (χ3v) is 7.72. The molecule has 0 spiro atoms. The summed E-state index contributed by atoms with van der Waals surface area (Å²) in [6, 6.07) is 0.506. The molecule has 0 aromatic heterocycles. The van der Waals surface area contributed by atoms with Gasteiger partial charge < -0.3 is 21.2 Å². The van der Waals surface area contributed by atoms with E-state index in [9.17, 15) is 4.39 Å². The standard InChI is InChI=1S/C24H37Cl2FN2.2H2O/c1-17(2)24(28-12-9-18-3-6-21(27)7-4-18)16-29-13-10-19(11-14-29)20-5-8-22(25)23(26)15-20;;/h3,5-6,8,15,17-19,21-24,28H,4,7,9-14,16H2,1-2H3;2*1H2/t18?,21?,22?,23?,24-;;/m0../s1. The topological polar surface area (TPSA) is 78.3 Å². The molecule has 3 aliphatic rings. The molecule has 0 bridgehead atoms. The molecule has 0 saturated carbocycles. The molecule has 2 aliphatic carbocycles. The van der Waals surface area contributed by atoms with E-state index < -0.39 is 6.17 Å². The molecular formula is C24H41Cl2FN2O2. The highest BCUT2D eigenvalue weighted by Gasteiger charge is 2.27. The lowest BCUT2D eigenvalue weighted by Gasteiger charge is -2.37. The van der Waals surface area contributed by atoms with Crippen LogP contribution in [-0.2, 0) is 0 Å². The average molecular weight is 480 g/mol. The Morgan fingerprint density at radius 1 is 1.03 bits per heavy atom. The van der Waals surface area contributed by atoms with Crippen molar-refractivity contribution in [1.82, 2.24) is 10.2 Å². The maximum absolute atomic E-state index is 13.2. The van der Waals surface area contributed by atoms with E-state index in [1.54, 1.807) is 6.08 Å². The first-order valence-electron chi connectivity index (χ1n) is 11.4. The van der Waals surface area contributed by atoms with Crippen molar-refractivity contribution in [3.8, 4) is 0 Å². The van der Waals surface area contributed by atoms with E-state index in [0.717, 1.165) is 39.0 Å². The van der Waals surface area contributed by atoms with Gasteiger partial charge in [-0.05, 0) is 75.1 Å². The molecule has 4 nitrogen and oxygen atoms in total. The highest BCUT2D eigenvalue weighted by molar-refractivity contribution is 6.31. The number of alkyl halides is 3. The number of hydrogen-bond acceptors (Lipinski definition) is 2. The molecule has 0 aromatic rings. The van der Waals surface area contributed by atoms with Gasteiger partial charge in [0.05, 0.1) is 10.8 Å². The Balaban J connectivity index is 0.00000240. The van der Waals surface area contributed by atoms with E-state index in [4.69, 9.17) is 23.2 Å². The molecule has 7 heteroatoms. The van der Waals surface area contributed by atoms with Crippen molar-refractivity contribution in [2.45, 2.75) is 68.9 Å². The Hall–Kier alpha value is -0.430. The normalized spacial score (nSPS) is 30.5. The van der Waals surface area contributed by atoms with Crippen LogP contribution in [0.1, 0.15) is 46.0 Å². The minimum absolute atomic E-state index is 0. The zero-order valence-corrected chi connectivity index (χ0v) is 20.4. The Labute approximate surface area is 197 Å². The SMILES string of the molecule is CC(C)[C@H](CN1CCC(C2=CC(Cl)C(Cl)C=C2)CC1)NCCC1C=CC(F)CC1.O.O. The minimum Gasteiger partial charge on any atom is -0.412 e. The summed E-state index contributed by atoms with van der Waals surface area (Å²) in [4.78, 5) is 2.61. The molecule has 180 valence electrons. The summed E-state index contributed by atoms with van der Waals surface area (Å²) >= 11 is 12.5. The largest absolute Gasteiger partial charge is 0.412 e. The summed E-state index contributed by atoms with van der Waals surface area (Å²) in [6.45, 7) is 9.01. The summed E-state index contributed by atoms with van der Waals surface area (Å²) in [5.41, 5.74) is 1.37. The summed E-state index contributed by atoms with van der Waals surface area (Å²) in [5.74, 6) is 1.75. The smallest absolute Gasteiger partial charge is 0.118 e. The van der Waals surface area contributed by atoms with Crippen molar-refractivity contribution in [3.63, 3.8) is 0 Å². The maximum Gasteiger partial charge on any atom is 0.118 e. The Kier molecular flexibility index (Phi) is 12.9. The third-order valence-electron chi connectivity index (χ3n) is 6.77. The number of rotatable bonds is 8. The first-order valence-corrected chi connectivity index (χ1v) is 12.3. The number of nitrogens with zero attached hydrogens (tertiary/aromatic N) is 1.